The Morgan fingerprint density at radius 3 is 2.32 bits per heavy atom. The molecule has 0 radical (unpaired) electrons. The summed E-state index contributed by atoms with van der Waals surface area (Å²) in [6.07, 6.45) is 2.76. The number of hydrogen-bond donors (Lipinski definition) is 1. The number of benzene rings is 2. The number of anilines is 2. The quantitative estimate of drug-likeness (QED) is 0.756. The van der Waals surface area contributed by atoms with Gasteiger partial charge in [0, 0.05) is 17.0 Å². The van der Waals surface area contributed by atoms with Crippen molar-refractivity contribution in [1.29, 1.82) is 5.26 Å². The van der Waals surface area contributed by atoms with Crippen molar-refractivity contribution in [3.05, 3.63) is 65.3 Å². The molecule has 0 unspecified atom stereocenters. The van der Waals surface area contributed by atoms with Crippen LogP contribution < -0.4 is 5.32 Å². The third-order valence-electron chi connectivity index (χ3n) is 3.47. The van der Waals surface area contributed by atoms with E-state index in [0.29, 0.717) is 22.1 Å². The molecule has 3 aromatic rings. The van der Waals surface area contributed by atoms with E-state index in [1.807, 2.05) is 0 Å². The van der Waals surface area contributed by atoms with Crippen LogP contribution in [0.3, 0.4) is 0 Å². The largest absolute Gasteiger partial charge is 0.338 e. The van der Waals surface area contributed by atoms with Crippen molar-refractivity contribution >= 4 is 32.9 Å². The highest BCUT2D eigenvalue weighted by molar-refractivity contribution is 7.90. The summed E-state index contributed by atoms with van der Waals surface area (Å²) in [7, 11) is -3.25. The molecule has 0 bridgehead atoms. The molecule has 0 amide bonds. The highest BCUT2D eigenvalue weighted by atomic mass is 35.5. The van der Waals surface area contributed by atoms with Gasteiger partial charge >= 0.3 is 0 Å². The highest BCUT2D eigenvalue weighted by Crippen LogP contribution is 2.22. The second-order valence-electron chi connectivity index (χ2n) is 5.35. The lowest BCUT2D eigenvalue weighted by Gasteiger charge is -2.05. The van der Waals surface area contributed by atoms with Crippen LogP contribution in [0.2, 0.25) is 5.02 Å². The Kier molecular flexibility index (Phi) is 4.49. The first-order valence-corrected chi connectivity index (χ1v) is 9.46. The fourth-order valence-electron chi connectivity index (χ4n) is 2.20. The van der Waals surface area contributed by atoms with E-state index in [9.17, 15) is 13.7 Å². The van der Waals surface area contributed by atoms with Gasteiger partial charge in [0.05, 0.1) is 16.8 Å². The molecule has 0 saturated heterocycles. The van der Waals surface area contributed by atoms with Crippen LogP contribution in [-0.4, -0.2) is 24.5 Å². The van der Waals surface area contributed by atoms with E-state index in [1.54, 1.807) is 47.3 Å². The average Bonchev–Trinajstić information content (AvgIpc) is 2.98. The Morgan fingerprint density at radius 1 is 1.12 bits per heavy atom. The van der Waals surface area contributed by atoms with Crippen LogP contribution in [0, 0.1) is 11.3 Å². The lowest BCUT2D eigenvalue weighted by atomic mass is 10.3. The van der Waals surface area contributed by atoms with Crippen molar-refractivity contribution in [2.45, 2.75) is 4.90 Å². The van der Waals surface area contributed by atoms with E-state index >= 15 is 0 Å². The van der Waals surface area contributed by atoms with Crippen LogP contribution >= 0.6 is 11.6 Å². The summed E-state index contributed by atoms with van der Waals surface area (Å²) in [5.41, 5.74) is 1.76. The maximum absolute atomic E-state index is 11.5. The first-order chi connectivity index (χ1) is 11.9. The van der Waals surface area contributed by atoms with E-state index in [0.717, 1.165) is 11.9 Å². The Bertz CT molecular complexity index is 1050. The molecule has 1 N–H and O–H groups in total. The molecule has 6 nitrogen and oxygen atoms in total. The fourth-order valence-corrected chi connectivity index (χ4v) is 2.95. The van der Waals surface area contributed by atoms with Gasteiger partial charge in [0.25, 0.3) is 0 Å². The molecule has 1 aromatic heterocycles. The van der Waals surface area contributed by atoms with E-state index < -0.39 is 9.84 Å². The molecule has 0 spiro atoms. The molecule has 0 saturated carbocycles. The smallest absolute Gasteiger partial charge is 0.175 e. The van der Waals surface area contributed by atoms with Crippen LogP contribution in [0.1, 0.15) is 5.56 Å². The second kappa shape index (κ2) is 6.59. The van der Waals surface area contributed by atoms with Crippen molar-refractivity contribution in [2.75, 3.05) is 11.6 Å². The monoisotopic (exact) mass is 372 g/mol. The number of nitrogens with one attached hydrogen (secondary N) is 1. The van der Waals surface area contributed by atoms with Gasteiger partial charge in [-0.1, -0.05) is 11.6 Å². The minimum absolute atomic E-state index is 0.227. The summed E-state index contributed by atoms with van der Waals surface area (Å²) in [5, 5.41) is 17.3. The van der Waals surface area contributed by atoms with Gasteiger partial charge in [-0.15, -0.1) is 5.10 Å². The van der Waals surface area contributed by atoms with Gasteiger partial charge < -0.3 is 5.32 Å². The predicted molar refractivity (Wildman–Crippen MR) is 96.1 cm³/mol. The first-order valence-electron chi connectivity index (χ1n) is 7.20. The van der Waals surface area contributed by atoms with Crippen molar-refractivity contribution in [3.63, 3.8) is 0 Å². The van der Waals surface area contributed by atoms with Crippen molar-refractivity contribution in [3.8, 4) is 11.8 Å². The number of aromatic nitrogens is 2. The maximum atomic E-state index is 11.5. The lowest BCUT2D eigenvalue weighted by molar-refractivity contribution is 0.602. The molecule has 2 aromatic carbocycles. The second-order valence-corrected chi connectivity index (χ2v) is 7.80. The van der Waals surface area contributed by atoms with Crippen LogP contribution in [0.4, 0.5) is 11.5 Å². The summed E-state index contributed by atoms with van der Waals surface area (Å²) in [6.45, 7) is 0. The van der Waals surface area contributed by atoms with Gasteiger partial charge in [-0.05, 0) is 48.5 Å². The highest BCUT2D eigenvalue weighted by Gasteiger charge is 2.11. The minimum atomic E-state index is -3.25. The number of hydrogen-bond acceptors (Lipinski definition) is 5. The summed E-state index contributed by atoms with van der Waals surface area (Å²) < 4.78 is 24.6. The van der Waals surface area contributed by atoms with Crippen LogP contribution in [0.15, 0.2) is 59.6 Å². The molecule has 0 aliphatic heterocycles. The summed E-state index contributed by atoms with van der Waals surface area (Å²) in [6, 6.07) is 15.4. The molecule has 25 heavy (non-hydrogen) atoms. The Morgan fingerprint density at radius 2 is 1.76 bits per heavy atom. The predicted octanol–water partition coefficient (Wildman–Crippen LogP) is 3.54. The molecular formula is C17H13ClN4O2S. The molecule has 8 heteroatoms. The Balaban J connectivity index is 1.90. The zero-order valence-electron chi connectivity index (χ0n) is 13.1. The molecule has 0 aliphatic rings. The number of halogens is 1. The zero-order valence-corrected chi connectivity index (χ0v) is 14.7. The van der Waals surface area contributed by atoms with Crippen LogP contribution in [0.5, 0.6) is 0 Å². The normalized spacial score (nSPS) is 11.1. The number of rotatable bonds is 4. The summed E-state index contributed by atoms with van der Waals surface area (Å²) >= 11 is 5.88. The zero-order chi connectivity index (χ0) is 18.0. The number of nitrogens with zero attached hydrogens (tertiary/aromatic N) is 3. The minimum Gasteiger partial charge on any atom is -0.338 e. The fraction of sp³-hybridized carbons (Fsp3) is 0.0588. The van der Waals surface area contributed by atoms with E-state index in [4.69, 9.17) is 11.6 Å². The topological polar surface area (TPSA) is 87.8 Å². The van der Waals surface area contributed by atoms with Gasteiger partial charge in [0.15, 0.2) is 15.7 Å². The van der Waals surface area contributed by atoms with Gasteiger partial charge in [0.2, 0.25) is 0 Å². The third kappa shape index (κ3) is 3.82. The number of nitriles is 1. The van der Waals surface area contributed by atoms with Gasteiger partial charge in [-0.3, -0.25) is 0 Å². The first kappa shape index (κ1) is 17.0. The standard InChI is InChI=1S/C17H13ClN4O2S/c1-25(23,24)16-8-4-14(5-9-16)20-17-12(10-19)11-22(21-17)15-6-2-13(18)3-7-15/h2-9,11H,1H3,(H,20,21). The summed E-state index contributed by atoms with van der Waals surface area (Å²) in [4.78, 5) is 0.227. The molecule has 1 heterocycles. The lowest BCUT2D eigenvalue weighted by Crippen LogP contribution is -1.99. The molecular weight excluding hydrogens is 360 g/mol. The van der Waals surface area contributed by atoms with E-state index in [2.05, 4.69) is 16.5 Å². The molecule has 126 valence electrons. The Labute approximate surface area is 150 Å². The van der Waals surface area contributed by atoms with Crippen LogP contribution in [-0.2, 0) is 9.84 Å². The molecule has 3 rings (SSSR count). The third-order valence-corrected chi connectivity index (χ3v) is 4.85. The van der Waals surface area contributed by atoms with Gasteiger partial charge in [-0.25, -0.2) is 13.1 Å². The maximum Gasteiger partial charge on any atom is 0.175 e. The van der Waals surface area contributed by atoms with Crippen molar-refractivity contribution in [1.82, 2.24) is 9.78 Å². The van der Waals surface area contributed by atoms with Gasteiger partial charge in [-0.2, -0.15) is 5.26 Å². The van der Waals surface area contributed by atoms with Crippen molar-refractivity contribution < 1.29 is 8.42 Å². The molecule has 0 atom stereocenters. The van der Waals surface area contributed by atoms with E-state index in [1.165, 1.54) is 12.1 Å². The molecule has 0 aliphatic carbocycles. The number of sulfone groups is 1. The van der Waals surface area contributed by atoms with Crippen molar-refractivity contribution in [2.24, 2.45) is 0 Å². The summed E-state index contributed by atoms with van der Waals surface area (Å²) in [5.74, 6) is 0.379. The Hall–Kier alpha value is -2.82. The van der Waals surface area contributed by atoms with E-state index in [-0.39, 0.29) is 4.90 Å². The molecule has 0 fully saturated rings. The van der Waals surface area contributed by atoms with Gasteiger partial charge in [0.1, 0.15) is 11.6 Å². The average molecular weight is 373 g/mol. The SMILES string of the molecule is CS(=O)(=O)c1ccc(Nc2nn(-c3ccc(Cl)cc3)cc2C#N)cc1. The van der Waals surface area contributed by atoms with Crippen LogP contribution in [0.25, 0.3) is 5.69 Å².